The Hall–Kier alpha value is -1.23. The second-order valence-electron chi connectivity index (χ2n) is 6.30. The number of carbonyl (C=O) groups excluding carboxylic acids is 1. The lowest BCUT2D eigenvalue weighted by atomic mass is 10.1. The highest BCUT2D eigenvalue weighted by Gasteiger charge is 2.20. The van der Waals surface area contributed by atoms with Crippen molar-refractivity contribution in [1.82, 2.24) is 0 Å². The van der Waals surface area contributed by atoms with Crippen molar-refractivity contribution in [3.8, 4) is 0 Å². The number of carboxylic acid groups (broad SMARTS) is 1. The molecule has 5 heteroatoms. The van der Waals surface area contributed by atoms with Gasteiger partial charge in [0.1, 0.15) is 6.54 Å². The zero-order valence-corrected chi connectivity index (χ0v) is 13.4. The average Bonchev–Trinajstić information content (AvgIpc) is 2.45. The van der Waals surface area contributed by atoms with E-state index >= 15 is 0 Å². The third kappa shape index (κ3) is 7.69. The molecule has 0 fully saturated rings. The number of hydrogen-bond donors (Lipinski definition) is 0. The molecule has 0 saturated heterocycles. The van der Waals surface area contributed by atoms with Gasteiger partial charge in [0.05, 0.1) is 25.8 Å². The van der Waals surface area contributed by atoms with Crippen molar-refractivity contribution >= 4 is 5.97 Å². The molecule has 1 unspecified atom stereocenters. The van der Waals surface area contributed by atoms with Gasteiger partial charge in [0.2, 0.25) is 6.43 Å². The third-order valence-corrected chi connectivity index (χ3v) is 4.17. The van der Waals surface area contributed by atoms with Crippen molar-refractivity contribution in [2.24, 2.45) is 0 Å². The van der Waals surface area contributed by atoms with E-state index < -0.39 is 12.4 Å². The summed E-state index contributed by atoms with van der Waals surface area (Å²) in [6.45, 7) is 1.67. The lowest BCUT2D eigenvalue weighted by molar-refractivity contribution is -0.854. The van der Waals surface area contributed by atoms with E-state index in [1.807, 2.05) is 6.20 Å². The van der Waals surface area contributed by atoms with Crippen LogP contribution in [0.2, 0.25) is 0 Å². The molecule has 0 bridgehead atoms. The topological polar surface area (TPSA) is 40.1 Å². The van der Waals surface area contributed by atoms with Crippen molar-refractivity contribution < 1.29 is 23.2 Å². The first-order valence-electron chi connectivity index (χ1n) is 8.16. The van der Waals surface area contributed by atoms with Crippen molar-refractivity contribution in [2.45, 2.75) is 57.8 Å². The van der Waals surface area contributed by atoms with Gasteiger partial charge in [-0.2, -0.15) is 0 Å². The van der Waals surface area contributed by atoms with Gasteiger partial charge in [-0.1, -0.05) is 25.7 Å². The van der Waals surface area contributed by atoms with Gasteiger partial charge >= 0.3 is 0 Å². The van der Waals surface area contributed by atoms with E-state index in [4.69, 9.17) is 0 Å². The molecular weight excluding hydrogens is 288 g/mol. The minimum absolute atomic E-state index is 0.0313. The Morgan fingerprint density at radius 2 is 1.77 bits per heavy atom. The van der Waals surface area contributed by atoms with Crippen molar-refractivity contribution in [1.29, 1.82) is 0 Å². The second-order valence-corrected chi connectivity index (χ2v) is 6.30. The lowest BCUT2D eigenvalue weighted by Crippen LogP contribution is -2.41. The van der Waals surface area contributed by atoms with Crippen LogP contribution in [0.1, 0.15) is 51.4 Å². The zero-order chi connectivity index (χ0) is 16.4. The van der Waals surface area contributed by atoms with E-state index in [-0.39, 0.29) is 12.0 Å². The first kappa shape index (κ1) is 18.8. The number of quaternary nitrogens is 1. The Labute approximate surface area is 131 Å². The Morgan fingerprint density at radius 1 is 1.18 bits per heavy atom. The molecule has 3 nitrogen and oxygen atoms in total. The average molecular weight is 315 g/mol. The van der Waals surface area contributed by atoms with Crippen LogP contribution in [0.5, 0.6) is 0 Å². The summed E-state index contributed by atoms with van der Waals surface area (Å²) in [5, 5.41) is 10.7. The molecule has 1 atom stereocenters. The summed E-state index contributed by atoms with van der Waals surface area (Å²) < 4.78 is 24.6. The normalized spacial score (nSPS) is 21.2. The van der Waals surface area contributed by atoms with Gasteiger partial charge in [0.15, 0.2) is 0 Å². The molecule has 1 aliphatic heterocycles. The van der Waals surface area contributed by atoms with Crippen molar-refractivity contribution in [2.75, 3.05) is 20.1 Å². The Bertz CT molecular complexity index is 407. The summed E-state index contributed by atoms with van der Waals surface area (Å²) in [6, 6.07) is 0. The first-order valence-corrected chi connectivity index (χ1v) is 8.16. The second kappa shape index (κ2) is 9.72. The maximum Gasteiger partial charge on any atom is 0.238 e. The molecule has 1 rings (SSSR count). The number of unbranched alkanes of at least 4 members (excludes halogenated alkanes) is 6. The lowest BCUT2D eigenvalue weighted by Gasteiger charge is -2.32. The van der Waals surface area contributed by atoms with Crippen LogP contribution < -0.4 is 5.11 Å². The maximum atomic E-state index is 11.9. The summed E-state index contributed by atoms with van der Waals surface area (Å²) in [4.78, 5) is 10.7. The number of likely N-dealkylation sites (N-methyl/N-ethyl adjacent to an activating group) is 1. The fourth-order valence-electron chi connectivity index (χ4n) is 2.67. The highest BCUT2D eigenvalue weighted by atomic mass is 19.3. The van der Waals surface area contributed by atoms with Gasteiger partial charge in [-0.3, -0.25) is 4.48 Å². The SMILES string of the molecule is C[N+]1(CCCCCCCCCC(F)F)C=CC(C(=O)[O-])=CC1. The Kier molecular flexibility index (Phi) is 8.31. The van der Waals surface area contributed by atoms with E-state index in [1.165, 1.54) is 0 Å². The van der Waals surface area contributed by atoms with Crippen LogP contribution in [0.25, 0.3) is 0 Å². The summed E-state index contributed by atoms with van der Waals surface area (Å²) in [7, 11) is 2.09. The molecular formula is C17H27F2NO2. The van der Waals surface area contributed by atoms with Crippen LogP contribution in [0, 0.1) is 0 Å². The van der Waals surface area contributed by atoms with Gasteiger partial charge in [-0.05, 0) is 25.3 Å². The Balaban J connectivity index is 2.03. The number of rotatable bonds is 11. The van der Waals surface area contributed by atoms with Crippen LogP contribution in [0.3, 0.4) is 0 Å². The molecule has 0 aliphatic carbocycles. The molecule has 0 amide bonds. The van der Waals surface area contributed by atoms with Crippen LogP contribution >= 0.6 is 0 Å². The van der Waals surface area contributed by atoms with E-state index in [0.29, 0.717) is 13.0 Å². The molecule has 0 radical (unpaired) electrons. The standard InChI is InChI=1S/C17H27F2NO2/c1-20(13-10-15(11-14-20)17(21)22)12-8-6-4-2-3-5-7-9-16(18)19/h10-11,13,16H,2-9,12,14H2,1H3. The monoisotopic (exact) mass is 315 g/mol. The number of nitrogens with zero attached hydrogens (tertiary/aromatic N) is 1. The van der Waals surface area contributed by atoms with E-state index in [0.717, 1.165) is 49.6 Å². The fourth-order valence-corrected chi connectivity index (χ4v) is 2.67. The molecule has 0 aromatic heterocycles. The molecule has 1 aliphatic rings. The number of alkyl halides is 2. The number of aliphatic carboxylic acids is 1. The summed E-state index contributed by atoms with van der Waals surface area (Å²) in [5.74, 6) is -1.12. The van der Waals surface area contributed by atoms with Gasteiger partial charge in [0, 0.05) is 18.1 Å². The summed E-state index contributed by atoms with van der Waals surface area (Å²) in [6.07, 6.45) is 10.2. The van der Waals surface area contributed by atoms with Gasteiger partial charge in [-0.25, -0.2) is 8.78 Å². The predicted molar refractivity (Wildman–Crippen MR) is 81.1 cm³/mol. The predicted octanol–water partition coefficient (Wildman–Crippen LogP) is 3.02. The molecule has 0 spiro atoms. The molecule has 22 heavy (non-hydrogen) atoms. The highest BCUT2D eigenvalue weighted by Crippen LogP contribution is 2.17. The van der Waals surface area contributed by atoms with Gasteiger partial charge in [-0.15, -0.1) is 0 Å². The van der Waals surface area contributed by atoms with E-state index in [9.17, 15) is 18.7 Å². The third-order valence-electron chi connectivity index (χ3n) is 4.17. The van der Waals surface area contributed by atoms with Crippen LogP contribution in [-0.4, -0.2) is 37.0 Å². The molecule has 0 saturated carbocycles. The molecule has 0 N–H and O–H groups in total. The number of hydrogen-bond acceptors (Lipinski definition) is 2. The number of carboxylic acids is 1. The van der Waals surface area contributed by atoms with Crippen molar-refractivity contribution in [3.63, 3.8) is 0 Å². The summed E-state index contributed by atoms with van der Waals surface area (Å²) in [5.41, 5.74) is 0.263. The molecule has 0 aromatic carbocycles. The number of halogens is 2. The Morgan fingerprint density at radius 3 is 2.27 bits per heavy atom. The maximum absolute atomic E-state index is 11.9. The smallest absolute Gasteiger partial charge is 0.238 e. The molecule has 0 aromatic rings. The van der Waals surface area contributed by atoms with Gasteiger partial charge < -0.3 is 9.90 Å². The summed E-state index contributed by atoms with van der Waals surface area (Å²) >= 11 is 0. The van der Waals surface area contributed by atoms with Crippen LogP contribution in [-0.2, 0) is 4.79 Å². The van der Waals surface area contributed by atoms with E-state index in [1.54, 1.807) is 12.2 Å². The van der Waals surface area contributed by atoms with Gasteiger partial charge in [0.25, 0.3) is 0 Å². The zero-order valence-electron chi connectivity index (χ0n) is 13.4. The van der Waals surface area contributed by atoms with Crippen LogP contribution in [0.15, 0.2) is 23.9 Å². The fraction of sp³-hybridized carbons (Fsp3) is 0.706. The van der Waals surface area contributed by atoms with Crippen LogP contribution in [0.4, 0.5) is 8.78 Å². The van der Waals surface area contributed by atoms with E-state index in [2.05, 4.69) is 7.05 Å². The largest absolute Gasteiger partial charge is 0.545 e. The number of carbonyl (C=O) groups is 1. The first-order chi connectivity index (χ1) is 10.4. The quantitative estimate of drug-likeness (QED) is 0.434. The minimum Gasteiger partial charge on any atom is -0.545 e. The molecule has 1 heterocycles. The minimum atomic E-state index is -2.16. The van der Waals surface area contributed by atoms with Crippen molar-refractivity contribution in [3.05, 3.63) is 23.9 Å². The highest BCUT2D eigenvalue weighted by molar-refractivity contribution is 5.88. The molecule has 126 valence electrons.